The Hall–Kier alpha value is -2.94. The van der Waals surface area contributed by atoms with Crippen molar-refractivity contribution in [1.82, 2.24) is 0 Å². The van der Waals surface area contributed by atoms with Crippen LogP contribution in [0.4, 0.5) is 11.4 Å². The monoisotopic (exact) mass is 364 g/mol. The van der Waals surface area contributed by atoms with Gasteiger partial charge in [0.05, 0.1) is 30.5 Å². The Bertz CT molecular complexity index is 926. The van der Waals surface area contributed by atoms with Gasteiger partial charge in [0.15, 0.2) is 18.1 Å². The third-order valence-corrected chi connectivity index (χ3v) is 4.91. The van der Waals surface area contributed by atoms with Crippen LogP contribution in [-0.4, -0.2) is 35.2 Å². The summed E-state index contributed by atoms with van der Waals surface area (Å²) in [6, 6.07) is 8.91. The van der Waals surface area contributed by atoms with Crippen LogP contribution in [-0.2, 0) is 14.8 Å². The van der Waals surface area contributed by atoms with Crippen LogP contribution >= 0.6 is 0 Å². The van der Waals surface area contributed by atoms with Crippen molar-refractivity contribution >= 4 is 27.3 Å². The van der Waals surface area contributed by atoms with E-state index in [1.165, 1.54) is 44.6 Å². The summed E-state index contributed by atoms with van der Waals surface area (Å²) in [5.74, 6) is 0.875. The first-order chi connectivity index (χ1) is 11.9. The first-order valence-electron chi connectivity index (χ1n) is 7.24. The van der Waals surface area contributed by atoms with Gasteiger partial charge in [-0.15, -0.1) is 0 Å². The SMILES string of the molecule is COc1ccc(S(=O)(=O)Nc2ccc3c(c2)OCC(=O)N3)cc1OC. The number of sulfonamides is 1. The average Bonchev–Trinajstić information content (AvgIpc) is 2.60. The van der Waals surface area contributed by atoms with Gasteiger partial charge < -0.3 is 19.5 Å². The summed E-state index contributed by atoms with van der Waals surface area (Å²) in [6.45, 7) is -0.112. The first-order valence-corrected chi connectivity index (χ1v) is 8.73. The van der Waals surface area contributed by atoms with Crippen molar-refractivity contribution in [2.24, 2.45) is 0 Å². The molecule has 8 nitrogen and oxygen atoms in total. The van der Waals surface area contributed by atoms with Gasteiger partial charge >= 0.3 is 0 Å². The van der Waals surface area contributed by atoms with Gasteiger partial charge in [0, 0.05) is 12.1 Å². The van der Waals surface area contributed by atoms with Gasteiger partial charge in [-0.1, -0.05) is 0 Å². The lowest BCUT2D eigenvalue weighted by molar-refractivity contribution is -0.118. The van der Waals surface area contributed by atoms with Gasteiger partial charge in [-0.2, -0.15) is 0 Å². The average molecular weight is 364 g/mol. The lowest BCUT2D eigenvalue weighted by atomic mass is 10.2. The number of benzene rings is 2. The molecule has 25 heavy (non-hydrogen) atoms. The fourth-order valence-electron chi connectivity index (χ4n) is 2.34. The molecule has 2 N–H and O–H groups in total. The zero-order valence-electron chi connectivity index (χ0n) is 13.5. The number of fused-ring (bicyclic) bond motifs is 1. The molecule has 0 aliphatic carbocycles. The number of hydrogen-bond acceptors (Lipinski definition) is 6. The molecule has 0 spiro atoms. The molecule has 0 unspecified atom stereocenters. The summed E-state index contributed by atoms with van der Waals surface area (Å²) >= 11 is 0. The van der Waals surface area contributed by atoms with Crippen molar-refractivity contribution in [1.29, 1.82) is 0 Å². The molecule has 132 valence electrons. The third kappa shape index (κ3) is 3.45. The van der Waals surface area contributed by atoms with E-state index in [1.54, 1.807) is 6.07 Å². The number of anilines is 2. The Morgan fingerprint density at radius 2 is 1.84 bits per heavy atom. The van der Waals surface area contributed by atoms with E-state index in [4.69, 9.17) is 14.2 Å². The van der Waals surface area contributed by atoms with Crippen molar-refractivity contribution in [3.63, 3.8) is 0 Å². The normalized spacial score (nSPS) is 13.3. The van der Waals surface area contributed by atoms with E-state index in [-0.39, 0.29) is 17.4 Å². The third-order valence-electron chi connectivity index (χ3n) is 3.53. The predicted molar refractivity (Wildman–Crippen MR) is 90.9 cm³/mol. The van der Waals surface area contributed by atoms with Crippen LogP contribution in [0.1, 0.15) is 0 Å². The fourth-order valence-corrected chi connectivity index (χ4v) is 3.40. The topological polar surface area (TPSA) is 103 Å². The highest BCUT2D eigenvalue weighted by molar-refractivity contribution is 7.92. The Kier molecular flexibility index (Phi) is 4.41. The van der Waals surface area contributed by atoms with E-state index in [2.05, 4.69) is 10.0 Å². The van der Waals surface area contributed by atoms with E-state index < -0.39 is 10.0 Å². The van der Waals surface area contributed by atoms with Gasteiger partial charge in [-0.05, 0) is 24.3 Å². The van der Waals surface area contributed by atoms with Crippen LogP contribution in [0.3, 0.4) is 0 Å². The Labute approximate surface area is 144 Å². The zero-order valence-corrected chi connectivity index (χ0v) is 14.3. The molecule has 1 aliphatic rings. The summed E-state index contributed by atoms with van der Waals surface area (Å²) in [6.07, 6.45) is 0. The lowest BCUT2D eigenvalue weighted by Crippen LogP contribution is -2.25. The number of methoxy groups -OCH3 is 2. The number of ether oxygens (including phenoxy) is 3. The summed E-state index contributed by atoms with van der Waals surface area (Å²) in [5.41, 5.74) is 0.801. The minimum Gasteiger partial charge on any atom is -0.493 e. The van der Waals surface area contributed by atoms with Gasteiger partial charge in [0.1, 0.15) is 5.75 Å². The molecule has 1 heterocycles. The van der Waals surface area contributed by atoms with Gasteiger partial charge in [0.25, 0.3) is 15.9 Å². The molecule has 0 aromatic heterocycles. The van der Waals surface area contributed by atoms with E-state index in [0.29, 0.717) is 28.6 Å². The molecule has 9 heteroatoms. The van der Waals surface area contributed by atoms with Gasteiger partial charge in [0.2, 0.25) is 0 Å². The van der Waals surface area contributed by atoms with E-state index in [9.17, 15) is 13.2 Å². The standard InChI is InChI=1S/C16H16N2O6S/c1-22-13-6-4-11(8-15(13)23-2)25(20,21)18-10-3-5-12-14(7-10)24-9-16(19)17-12/h3-8,18H,9H2,1-2H3,(H,17,19). The number of rotatable bonds is 5. The molecule has 0 radical (unpaired) electrons. The molecule has 0 atom stereocenters. The fraction of sp³-hybridized carbons (Fsp3) is 0.188. The second-order valence-electron chi connectivity index (χ2n) is 5.17. The summed E-state index contributed by atoms with van der Waals surface area (Å²) in [4.78, 5) is 11.3. The smallest absolute Gasteiger partial charge is 0.262 e. The molecule has 0 fully saturated rings. The maximum atomic E-state index is 12.6. The largest absolute Gasteiger partial charge is 0.493 e. The number of nitrogens with one attached hydrogen (secondary N) is 2. The van der Waals surface area contributed by atoms with E-state index in [0.717, 1.165) is 0 Å². The van der Waals surface area contributed by atoms with Crippen LogP contribution in [0.15, 0.2) is 41.3 Å². The second kappa shape index (κ2) is 6.52. The highest BCUT2D eigenvalue weighted by Crippen LogP contribution is 2.33. The summed E-state index contributed by atoms with van der Waals surface area (Å²) < 4.78 is 43.1. The number of carbonyl (C=O) groups is 1. The molecule has 0 saturated carbocycles. The summed E-state index contributed by atoms with van der Waals surface area (Å²) in [5, 5.41) is 2.64. The molecule has 2 aromatic carbocycles. The quantitative estimate of drug-likeness (QED) is 0.839. The number of carbonyl (C=O) groups excluding carboxylic acids is 1. The Balaban J connectivity index is 1.88. The Morgan fingerprint density at radius 3 is 2.56 bits per heavy atom. The predicted octanol–water partition coefficient (Wildman–Crippen LogP) is 1.84. The lowest BCUT2D eigenvalue weighted by Gasteiger charge is -2.19. The van der Waals surface area contributed by atoms with Crippen LogP contribution < -0.4 is 24.2 Å². The van der Waals surface area contributed by atoms with E-state index in [1.807, 2.05) is 0 Å². The molecule has 1 amide bonds. The second-order valence-corrected chi connectivity index (χ2v) is 6.85. The number of hydrogen-bond donors (Lipinski definition) is 2. The zero-order chi connectivity index (χ0) is 18.0. The molecule has 3 rings (SSSR count). The van der Waals surface area contributed by atoms with E-state index >= 15 is 0 Å². The number of amides is 1. The van der Waals surface area contributed by atoms with Crippen LogP contribution in [0, 0.1) is 0 Å². The first kappa shape index (κ1) is 16.9. The van der Waals surface area contributed by atoms with Crippen LogP contribution in [0.2, 0.25) is 0 Å². The van der Waals surface area contributed by atoms with Gasteiger partial charge in [-0.25, -0.2) is 8.42 Å². The molecule has 2 aromatic rings. The summed E-state index contributed by atoms with van der Waals surface area (Å²) in [7, 11) is -0.941. The maximum absolute atomic E-state index is 12.6. The Morgan fingerprint density at radius 1 is 1.08 bits per heavy atom. The van der Waals surface area contributed by atoms with Crippen molar-refractivity contribution in [3.05, 3.63) is 36.4 Å². The van der Waals surface area contributed by atoms with Crippen LogP contribution in [0.5, 0.6) is 17.2 Å². The van der Waals surface area contributed by atoms with Crippen molar-refractivity contribution < 1.29 is 27.4 Å². The highest BCUT2D eigenvalue weighted by Gasteiger charge is 2.20. The van der Waals surface area contributed by atoms with Crippen molar-refractivity contribution in [2.75, 3.05) is 30.9 Å². The molecule has 0 bridgehead atoms. The molecular formula is C16H16N2O6S. The maximum Gasteiger partial charge on any atom is 0.262 e. The van der Waals surface area contributed by atoms with Crippen molar-refractivity contribution in [2.45, 2.75) is 4.90 Å². The molecular weight excluding hydrogens is 348 g/mol. The minimum atomic E-state index is -3.84. The minimum absolute atomic E-state index is 0.0251. The molecule has 0 saturated heterocycles. The molecule has 1 aliphatic heterocycles. The van der Waals surface area contributed by atoms with Crippen LogP contribution in [0.25, 0.3) is 0 Å². The van der Waals surface area contributed by atoms with Gasteiger partial charge in [-0.3, -0.25) is 9.52 Å². The van der Waals surface area contributed by atoms with Crippen molar-refractivity contribution in [3.8, 4) is 17.2 Å². The highest BCUT2D eigenvalue weighted by atomic mass is 32.2.